The van der Waals surface area contributed by atoms with E-state index in [0.717, 1.165) is 5.56 Å². The van der Waals surface area contributed by atoms with Crippen molar-refractivity contribution in [1.29, 1.82) is 0 Å². The molecule has 0 spiro atoms. The topological polar surface area (TPSA) is 83.1 Å². The van der Waals surface area contributed by atoms with Crippen LogP contribution in [-0.4, -0.2) is 38.8 Å². The summed E-state index contributed by atoms with van der Waals surface area (Å²) in [7, 11) is 3.08. The van der Waals surface area contributed by atoms with E-state index in [4.69, 9.17) is 18.9 Å². The second-order valence-electron chi connectivity index (χ2n) is 6.12. The molecular weight excluding hydrogens is 374 g/mol. The summed E-state index contributed by atoms with van der Waals surface area (Å²) in [5.74, 6) is 0.470. The molecule has 0 radical (unpaired) electrons. The number of hydrogen-bond donors (Lipinski definition) is 1. The molecule has 0 bridgehead atoms. The second-order valence-corrected chi connectivity index (χ2v) is 6.12. The fourth-order valence-corrected chi connectivity index (χ4v) is 2.46. The van der Waals surface area contributed by atoms with Gasteiger partial charge < -0.3 is 24.3 Å². The van der Waals surface area contributed by atoms with E-state index in [1.165, 1.54) is 14.0 Å². The van der Waals surface area contributed by atoms with Gasteiger partial charge in [-0.1, -0.05) is 12.1 Å². The number of allylic oxidation sites excluding steroid dienone is 1. The molecule has 0 heterocycles. The lowest BCUT2D eigenvalue weighted by Crippen LogP contribution is -2.31. The summed E-state index contributed by atoms with van der Waals surface area (Å²) in [6, 6.07) is 12.2. The van der Waals surface area contributed by atoms with Gasteiger partial charge in [-0.2, -0.15) is 0 Å². The molecule has 0 fully saturated rings. The predicted octanol–water partition coefficient (Wildman–Crippen LogP) is 3.38. The van der Waals surface area contributed by atoms with Gasteiger partial charge in [-0.05, 0) is 55.3 Å². The quantitative estimate of drug-likeness (QED) is 0.487. The maximum Gasteiger partial charge on any atom is 0.344 e. The maximum absolute atomic E-state index is 12.2. The van der Waals surface area contributed by atoms with E-state index in [-0.39, 0.29) is 6.61 Å². The smallest absolute Gasteiger partial charge is 0.344 e. The Morgan fingerprint density at radius 1 is 1.07 bits per heavy atom. The van der Waals surface area contributed by atoms with E-state index in [0.29, 0.717) is 29.4 Å². The van der Waals surface area contributed by atoms with Gasteiger partial charge in [0.25, 0.3) is 5.91 Å². The summed E-state index contributed by atoms with van der Waals surface area (Å²) in [5, 5.41) is 2.67. The molecule has 2 aromatic rings. The molecule has 0 aliphatic carbocycles. The Morgan fingerprint density at radius 3 is 2.41 bits per heavy atom. The number of hydrogen-bond acceptors (Lipinski definition) is 6. The molecule has 0 aromatic heterocycles. The highest BCUT2D eigenvalue weighted by atomic mass is 16.6. The van der Waals surface area contributed by atoms with E-state index in [1.54, 1.807) is 43.5 Å². The third-order valence-corrected chi connectivity index (χ3v) is 3.99. The Bertz CT molecular complexity index is 847. The molecule has 2 rings (SSSR count). The van der Waals surface area contributed by atoms with Crippen LogP contribution < -0.4 is 19.5 Å². The first-order valence-electron chi connectivity index (χ1n) is 9.01. The summed E-state index contributed by atoms with van der Waals surface area (Å²) >= 11 is 0. The standard InChI is InChI=1S/C22H25NO6/c1-5-6-16-7-12-19(20(13-16)27-4)28-14-21(24)29-15(2)22(25)23-17-8-10-18(26-3)11-9-17/h5,7-13,15H,1,6,14H2,2-4H3,(H,23,25)/t15-/m1/s1. The lowest BCUT2D eigenvalue weighted by molar-refractivity contribution is -0.155. The third kappa shape index (κ3) is 6.57. The number of nitrogens with one attached hydrogen (secondary N) is 1. The van der Waals surface area contributed by atoms with E-state index >= 15 is 0 Å². The molecule has 1 amide bonds. The number of ether oxygens (including phenoxy) is 4. The molecule has 7 heteroatoms. The van der Waals surface area contributed by atoms with Crippen LogP contribution in [0.4, 0.5) is 5.69 Å². The highest BCUT2D eigenvalue weighted by Crippen LogP contribution is 2.28. The number of methoxy groups -OCH3 is 2. The average Bonchev–Trinajstić information content (AvgIpc) is 2.73. The summed E-state index contributed by atoms with van der Waals surface area (Å²) in [6.07, 6.45) is 1.50. The number of rotatable bonds is 10. The van der Waals surface area contributed by atoms with Crippen molar-refractivity contribution < 1.29 is 28.5 Å². The minimum atomic E-state index is -0.981. The van der Waals surface area contributed by atoms with Gasteiger partial charge in [0.15, 0.2) is 24.2 Å². The first-order valence-corrected chi connectivity index (χ1v) is 9.01. The van der Waals surface area contributed by atoms with Crippen molar-refractivity contribution in [3.63, 3.8) is 0 Å². The van der Waals surface area contributed by atoms with Crippen LogP contribution in [0.15, 0.2) is 55.1 Å². The van der Waals surface area contributed by atoms with E-state index < -0.39 is 18.0 Å². The first kappa shape index (κ1) is 21.8. The molecule has 2 aromatic carbocycles. The number of esters is 1. The Labute approximate surface area is 170 Å². The highest BCUT2D eigenvalue weighted by Gasteiger charge is 2.19. The van der Waals surface area contributed by atoms with Crippen molar-refractivity contribution in [3.8, 4) is 17.2 Å². The van der Waals surface area contributed by atoms with Crippen molar-refractivity contribution >= 4 is 17.6 Å². The van der Waals surface area contributed by atoms with Gasteiger partial charge in [0.1, 0.15) is 5.75 Å². The van der Waals surface area contributed by atoms with Crippen LogP contribution >= 0.6 is 0 Å². The average molecular weight is 399 g/mol. The Kier molecular flexibility index (Phi) is 8.09. The van der Waals surface area contributed by atoms with Crippen LogP contribution in [0.25, 0.3) is 0 Å². The molecule has 0 unspecified atom stereocenters. The molecule has 1 N–H and O–H groups in total. The molecule has 0 saturated carbocycles. The Balaban J connectivity index is 1.86. The SMILES string of the molecule is C=CCc1ccc(OCC(=O)O[C@H](C)C(=O)Nc2ccc(OC)cc2)c(OC)c1. The summed E-state index contributed by atoms with van der Waals surface area (Å²) in [5.41, 5.74) is 1.58. The van der Waals surface area contributed by atoms with Crippen LogP contribution in [0.3, 0.4) is 0 Å². The number of carbonyl (C=O) groups is 2. The minimum absolute atomic E-state index is 0.350. The van der Waals surface area contributed by atoms with Crippen molar-refractivity contribution in [1.82, 2.24) is 0 Å². The number of amides is 1. The van der Waals surface area contributed by atoms with Gasteiger partial charge in [-0.25, -0.2) is 4.79 Å². The molecule has 29 heavy (non-hydrogen) atoms. The van der Waals surface area contributed by atoms with Crippen LogP contribution in [0.1, 0.15) is 12.5 Å². The molecular formula is C22H25NO6. The zero-order valence-electron chi connectivity index (χ0n) is 16.8. The zero-order valence-corrected chi connectivity index (χ0v) is 16.8. The van der Waals surface area contributed by atoms with Gasteiger partial charge in [0, 0.05) is 5.69 Å². The Morgan fingerprint density at radius 2 is 1.79 bits per heavy atom. The van der Waals surface area contributed by atoms with Gasteiger partial charge in [-0.3, -0.25) is 4.79 Å². The lowest BCUT2D eigenvalue weighted by atomic mass is 10.1. The van der Waals surface area contributed by atoms with Crippen molar-refractivity contribution in [2.24, 2.45) is 0 Å². The number of anilines is 1. The van der Waals surface area contributed by atoms with Gasteiger partial charge >= 0.3 is 5.97 Å². The van der Waals surface area contributed by atoms with Crippen molar-refractivity contribution in [2.75, 3.05) is 26.1 Å². The van der Waals surface area contributed by atoms with Crippen LogP contribution in [-0.2, 0) is 20.7 Å². The molecule has 0 saturated heterocycles. The summed E-state index contributed by atoms with van der Waals surface area (Å²) < 4.78 is 21.0. The largest absolute Gasteiger partial charge is 0.497 e. The number of benzene rings is 2. The molecule has 0 aliphatic heterocycles. The fraction of sp³-hybridized carbons (Fsp3) is 0.273. The van der Waals surface area contributed by atoms with Crippen LogP contribution in [0, 0.1) is 0 Å². The number of carbonyl (C=O) groups excluding carboxylic acids is 2. The van der Waals surface area contributed by atoms with Gasteiger partial charge in [0.05, 0.1) is 14.2 Å². The zero-order chi connectivity index (χ0) is 21.2. The molecule has 7 nitrogen and oxygen atoms in total. The van der Waals surface area contributed by atoms with Crippen molar-refractivity contribution in [2.45, 2.75) is 19.4 Å². The van der Waals surface area contributed by atoms with Crippen LogP contribution in [0.2, 0.25) is 0 Å². The fourth-order valence-electron chi connectivity index (χ4n) is 2.46. The highest BCUT2D eigenvalue weighted by molar-refractivity contribution is 5.95. The molecule has 154 valence electrons. The lowest BCUT2D eigenvalue weighted by Gasteiger charge is -2.15. The summed E-state index contributed by atoms with van der Waals surface area (Å²) in [4.78, 5) is 24.2. The summed E-state index contributed by atoms with van der Waals surface area (Å²) in [6.45, 7) is 4.84. The maximum atomic E-state index is 12.2. The van der Waals surface area contributed by atoms with E-state index in [1.807, 2.05) is 12.1 Å². The molecule has 0 aliphatic rings. The van der Waals surface area contributed by atoms with E-state index in [2.05, 4.69) is 11.9 Å². The molecule has 1 atom stereocenters. The minimum Gasteiger partial charge on any atom is -0.497 e. The van der Waals surface area contributed by atoms with Gasteiger partial charge in [0.2, 0.25) is 0 Å². The van der Waals surface area contributed by atoms with Crippen LogP contribution in [0.5, 0.6) is 17.2 Å². The third-order valence-electron chi connectivity index (χ3n) is 3.99. The van der Waals surface area contributed by atoms with E-state index in [9.17, 15) is 9.59 Å². The van der Waals surface area contributed by atoms with Crippen molar-refractivity contribution in [3.05, 3.63) is 60.7 Å². The first-order chi connectivity index (χ1) is 14.0. The normalized spacial score (nSPS) is 11.1. The van der Waals surface area contributed by atoms with Gasteiger partial charge in [-0.15, -0.1) is 6.58 Å². The predicted molar refractivity (Wildman–Crippen MR) is 110 cm³/mol. The Hall–Kier alpha value is -3.48. The second kappa shape index (κ2) is 10.8. The monoisotopic (exact) mass is 399 g/mol.